The number of nitrogens with one attached hydrogen (secondary N) is 2. The quantitative estimate of drug-likeness (QED) is 0.577. The minimum atomic E-state index is -0.656. The molecule has 0 bridgehead atoms. The maximum atomic E-state index is 12.2. The van der Waals surface area contributed by atoms with E-state index in [4.69, 9.17) is 14.2 Å². The van der Waals surface area contributed by atoms with Crippen LogP contribution in [0.15, 0.2) is 53.5 Å². The molecule has 0 spiro atoms. The van der Waals surface area contributed by atoms with Crippen LogP contribution in [0.3, 0.4) is 0 Å². The molecule has 0 aliphatic heterocycles. The van der Waals surface area contributed by atoms with Crippen LogP contribution in [0, 0.1) is 6.92 Å². The number of H-pyrrole nitrogens is 1. The van der Waals surface area contributed by atoms with Gasteiger partial charge in [0.1, 0.15) is 11.5 Å². The summed E-state index contributed by atoms with van der Waals surface area (Å²) in [5.41, 5.74) is 1.76. The number of methoxy groups -OCH3 is 2. The summed E-state index contributed by atoms with van der Waals surface area (Å²) in [6, 6.07) is 11.2. The van der Waals surface area contributed by atoms with Gasteiger partial charge in [-0.15, -0.1) is 0 Å². The van der Waals surface area contributed by atoms with Crippen LogP contribution in [-0.2, 0) is 9.53 Å². The van der Waals surface area contributed by atoms with Gasteiger partial charge >= 0.3 is 11.7 Å². The Labute approximate surface area is 172 Å². The molecule has 156 valence electrons. The molecule has 9 nitrogen and oxygen atoms in total. The standard InChI is InChI=1S/C21H21N3O6/c1-13-11-22-21(27)24(13)15-6-4-14(5-7-15)20(26)30-12-19(25)23-17-9-8-16(28-2)10-18(17)29-3/h4-11H,12H2,1-3H3,(H,22,27)(H,23,25). The second kappa shape index (κ2) is 8.99. The fourth-order valence-corrected chi connectivity index (χ4v) is 2.83. The number of aromatic amines is 1. The molecule has 2 aromatic carbocycles. The van der Waals surface area contributed by atoms with E-state index in [1.807, 2.05) is 0 Å². The molecule has 1 aromatic heterocycles. The molecular formula is C21H21N3O6. The normalized spacial score (nSPS) is 10.4. The number of aryl methyl sites for hydroxylation is 1. The zero-order chi connectivity index (χ0) is 21.7. The predicted molar refractivity (Wildman–Crippen MR) is 110 cm³/mol. The summed E-state index contributed by atoms with van der Waals surface area (Å²) in [4.78, 5) is 38.8. The summed E-state index contributed by atoms with van der Waals surface area (Å²) in [6.07, 6.45) is 1.60. The number of anilines is 1. The molecule has 0 unspecified atom stereocenters. The fourth-order valence-electron chi connectivity index (χ4n) is 2.83. The third-order valence-corrected chi connectivity index (χ3v) is 4.34. The van der Waals surface area contributed by atoms with E-state index in [-0.39, 0.29) is 11.3 Å². The van der Waals surface area contributed by atoms with E-state index in [1.54, 1.807) is 43.5 Å². The summed E-state index contributed by atoms with van der Waals surface area (Å²) < 4.78 is 16.9. The van der Waals surface area contributed by atoms with E-state index in [1.165, 1.54) is 30.9 Å². The number of hydrogen-bond donors (Lipinski definition) is 2. The van der Waals surface area contributed by atoms with Crippen LogP contribution in [-0.4, -0.2) is 42.3 Å². The van der Waals surface area contributed by atoms with Gasteiger partial charge < -0.3 is 24.5 Å². The highest BCUT2D eigenvalue weighted by Crippen LogP contribution is 2.28. The third-order valence-electron chi connectivity index (χ3n) is 4.34. The molecule has 0 aliphatic rings. The predicted octanol–water partition coefficient (Wildman–Crippen LogP) is 2.29. The molecule has 0 atom stereocenters. The van der Waals surface area contributed by atoms with Gasteiger partial charge in [-0.25, -0.2) is 9.59 Å². The van der Waals surface area contributed by atoms with Crippen molar-refractivity contribution in [3.63, 3.8) is 0 Å². The summed E-state index contributed by atoms with van der Waals surface area (Å²) in [7, 11) is 2.99. The minimum Gasteiger partial charge on any atom is -0.497 e. The van der Waals surface area contributed by atoms with Crippen LogP contribution >= 0.6 is 0 Å². The molecule has 0 radical (unpaired) electrons. The summed E-state index contributed by atoms with van der Waals surface area (Å²) >= 11 is 0. The van der Waals surface area contributed by atoms with E-state index in [0.29, 0.717) is 22.9 Å². The lowest BCUT2D eigenvalue weighted by molar-refractivity contribution is -0.119. The number of benzene rings is 2. The first-order valence-corrected chi connectivity index (χ1v) is 8.99. The number of imidazole rings is 1. The summed E-state index contributed by atoms with van der Waals surface area (Å²) in [6.45, 7) is 1.32. The van der Waals surface area contributed by atoms with Crippen molar-refractivity contribution in [1.29, 1.82) is 0 Å². The number of hydrogen-bond acceptors (Lipinski definition) is 6. The lowest BCUT2D eigenvalue weighted by Crippen LogP contribution is -2.21. The second-order valence-corrected chi connectivity index (χ2v) is 6.31. The number of rotatable bonds is 7. The van der Waals surface area contributed by atoms with Crippen molar-refractivity contribution >= 4 is 17.6 Å². The van der Waals surface area contributed by atoms with E-state index in [2.05, 4.69) is 10.3 Å². The maximum Gasteiger partial charge on any atom is 0.338 e. The highest BCUT2D eigenvalue weighted by atomic mass is 16.5. The molecular weight excluding hydrogens is 390 g/mol. The zero-order valence-corrected chi connectivity index (χ0v) is 16.7. The highest BCUT2D eigenvalue weighted by molar-refractivity contribution is 5.96. The molecule has 0 aliphatic carbocycles. The molecule has 2 N–H and O–H groups in total. The number of amides is 1. The van der Waals surface area contributed by atoms with Crippen molar-refractivity contribution < 1.29 is 23.8 Å². The van der Waals surface area contributed by atoms with Gasteiger partial charge in [0.2, 0.25) is 0 Å². The first-order valence-electron chi connectivity index (χ1n) is 8.99. The molecule has 0 fully saturated rings. The molecule has 1 amide bonds. The first kappa shape index (κ1) is 20.7. The van der Waals surface area contributed by atoms with Gasteiger partial charge in [-0.2, -0.15) is 0 Å². The maximum absolute atomic E-state index is 12.2. The van der Waals surface area contributed by atoms with Gasteiger partial charge in [-0.1, -0.05) is 0 Å². The Kier molecular flexibility index (Phi) is 6.21. The largest absolute Gasteiger partial charge is 0.497 e. The van der Waals surface area contributed by atoms with Crippen LogP contribution < -0.4 is 20.5 Å². The van der Waals surface area contributed by atoms with Crippen molar-refractivity contribution in [1.82, 2.24) is 9.55 Å². The van der Waals surface area contributed by atoms with Gasteiger partial charge in [0.15, 0.2) is 6.61 Å². The van der Waals surface area contributed by atoms with Crippen LogP contribution in [0.2, 0.25) is 0 Å². The second-order valence-electron chi connectivity index (χ2n) is 6.31. The Balaban J connectivity index is 1.60. The van der Waals surface area contributed by atoms with E-state index in [0.717, 1.165) is 5.69 Å². The van der Waals surface area contributed by atoms with Gasteiger partial charge in [0.05, 0.1) is 31.2 Å². The Morgan fingerprint density at radius 2 is 1.80 bits per heavy atom. The number of aromatic nitrogens is 2. The van der Waals surface area contributed by atoms with Crippen LogP contribution in [0.5, 0.6) is 11.5 Å². The van der Waals surface area contributed by atoms with Crippen molar-refractivity contribution in [3.05, 3.63) is 70.4 Å². The molecule has 30 heavy (non-hydrogen) atoms. The van der Waals surface area contributed by atoms with Crippen LogP contribution in [0.1, 0.15) is 16.1 Å². The van der Waals surface area contributed by atoms with Gasteiger partial charge in [0.25, 0.3) is 5.91 Å². The lowest BCUT2D eigenvalue weighted by Gasteiger charge is -2.12. The number of nitrogens with zero attached hydrogens (tertiary/aromatic N) is 1. The number of ether oxygens (including phenoxy) is 3. The van der Waals surface area contributed by atoms with Gasteiger partial charge in [0, 0.05) is 18.0 Å². The Morgan fingerprint density at radius 1 is 1.07 bits per heavy atom. The molecule has 9 heteroatoms. The van der Waals surface area contributed by atoms with Crippen molar-refractivity contribution in [2.75, 3.05) is 26.1 Å². The number of carbonyl (C=O) groups is 2. The number of esters is 1. The van der Waals surface area contributed by atoms with Crippen molar-refractivity contribution in [2.45, 2.75) is 6.92 Å². The minimum absolute atomic E-state index is 0.259. The Morgan fingerprint density at radius 3 is 2.40 bits per heavy atom. The van der Waals surface area contributed by atoms with E-state index < -0.39 is 18.5 Å². The van der Waals surface area contributed by atoms with E-state index in [9.17, 15) is 14.4 Å². The molecule has 0 saturated carbocycles. The molecule has 3 rings (SSSR count). The van der Waals surface area contributed by atoms with Gasteiger partial charge in [-0.05, 0) is 43.3 Å². The van der Waals surface area contributed by atoms with E-state index >= 15 is 0 Å². The van der Waals surface area contributed by atoms with Gasteiger partial charge in [-0.3, -0.25) is 9.36 Å². The third kappa shape index (κ3) is 4.52. The average Bonchev–Trinajstić information content (AvgIpc) is 3.10. The molecule has 3 aromatic rings. The smallest absolute Gasteiger partial charge is 0.338 e. The van der Waals surface area contributed by atoms with Crippen molar-refractivity contribution in [2.24, 2.45) is 0 Å². The summed E-state index contributed by atoms with van der Waals surface area (Å²) in [5.74, 6) is -0.175. The first-order chi connectivity index (χ1) is 14.4. The Hall–Kier alpha value is -4.01. The summed E-state index contributed by atoms with van der Waals surface area (Å²) in [5, 5.41) is 2.62. The SMILES string of the molecule is COc1ccc(NC(=O)COC(=O)c2ccc(-n3c(C)c[nH]c3=O)cc2)c(OC)c1. The van der Waals surface area contributed by atoms with Crippen LogP contribution in [0.25, 0.3) is 5.69 Å². The van der Waals surface area contributed by atoms with Crippen LogP contribution in [0.4, 0.5) is 5.69 Å². The molecule has 1 heterocycles. The Bertz CT molecular complexity index is 1110. The average molecular weight is 411 g/mol. The van der Waals surface area contributed by atoms with Crippen molar-refractivity contribution in [3.8, 4) is 17.2 Å². The topological polar surface area (TPSA) is 112 Å². The monoisotopic (exact) mass is 411 g/mol. The fraction of sp³-hybridized carbons (Fsp3) is 0.190. The highest BCUT2D eigenvalue weighted by Gasteiger charge is 2.13. The zero-order valence-electron chi connectivity index (χ0n) is 16.7. The number of carbonyl (C=O) groups excluding carboxylic acids is 2. The molecule has 0 saturated heterocycles. The lowest BCUT2D eigenvalue weighted by atomic mass is 10.2.